The molecule has 2 heterocycles. The van der Waals surface area contributed by atoms with E-state index in [2.05, 4.69) is 20.5 Å². The van der Waals surface area contributed by atoms with Gasteiger partial charge in [-0.1, -0.05) is 56.3 Å². The van der Waals surface area contributed by atoms with Crippen LogP contribution in [-0.2, 0) is 15.0 Å². The minimum atomic E-state index is -0.957. The minimum absolute atomic E-state index is 0.184. The summed E-state index contributed by atoms with van der Waals surface area (Å²) in [6, 6.07) is 14.1. The summed E-state index contributed by atoms with van der Waals surface area (Å²) < 4.78 is 19.1. The van der Waals surface area contributed by atoms with Gasteiger partial charge in [0, 0.05) is 12.0 Å². The van der Waals surface area contributed by atoms with Crippen LogP contribution in [0.3, 0.4) is 0 Å². The van der Waals surface area contributed by atoms with Crippen LogP contribution in [-0.4, -0.2) is 57.7 Å². The Kier molecular flexibility index (Phi) is 7.80. The SMILES string of the molecule is CC(C)C(NC(=O)CN1C(=O)CCN=C1c1ccccc1)C(=O)c1nnc(C(C)(C)c2ccc(F)cc2)o1. The highest BCUT2D eigenvalue weighted by molar-refractivity contribution is 6.11. The number of nitrogens with zero attached hydrogens (tertiary/aromatic N) is 4. The topological polar surface area (TPSA) is 118 Å². The van der Waals surface area contributed by atoms with E-state index in [-0.39, 0.29) is 42.4 Å². The van der Waals surface area contributed by atoms with Crippen molar-refractivity contribution in [1.82, 2.24) is 20.4 Å². The molecule has 0 aliphatic carbocycles. The molecule has 1 aliphatic heterocycles. The molecule has 0 fully saturated rings. The molecule has 0 spiro atoms. The Balaban J connectivity index is 1.49. The molecule has 198 valence electrons. The molecule has 0 radical (unpaired) electrons. The summed E-state index contributed by atoms with van der Waals surface area (Å²) in [6.07, 6.45) is 0.199. The molecule has 3 aromatic rings. The van der Waals surface area contributed by atoms with Crippen molar-refractivity contribution in [2.24, 2.45) is 10.9 Å². The normalized spacial score (nSPS) is 14.8. The van der Waals surface area contributed by atoms with E-state index >= 15 is 0 Å². The number of benzene rings is 2. The number of halogens is 1. The van der Waals surface area contributed by atoms with Crippen molar-refractivity contribution >= 4 is 23.4 Å². The van der Waals surface area contributed by atoms with Crippen molar-refractivity contribution in [1.29, 1.82) is 0 Å². The second kappa shape index (κ2) is 11.0. The number of hydrogen-bond acceptors (Lipinski definition) is 7. The minimum Gasteiger partial charge on any atom is -0.417 e. The first-order chi connectivity index (χ1) is 18.1. The fourth-order valence-corrected chi connectivity index (χ4v) is 4.19. The molecular weight excluding hydrogens is 489 g/mol. The van der Waals surface area contributed by atoms with E-state index in [0.29, 0.717) is 12.4 Å². The van der Waals surface area contributed by atoms with Crippen LogP contribution in [0.4, 0.5) is 4.39 Å². The van der Waals surface area contributed by atoms with E-state index in [1.807, 2.05) is 44.2 Å². The van der Waals surface area contributed by atoms with Crippen LogP contribution >= 0.6 is 0 Å². The van der Waals surface area contributed by atoms with Crippen LogP contribution in [0, 0.1) is 11.7 Å². The monoisotopic (exact) mass is 519 g/mol. The summed E-state index contributed by atoms with van der Waals surface area (Å²) in [4.78, 5) is 44.8. The largest absolute Gasteiger partial charge is 0.417 e. The molecule has 1 atom stereocenters. The summed E-state index contributed by atoms with van der Waals surface area (Å²) in [6.45, 7) is 7.28. The predicted octanol–water partition coefficient (Wildman–Crippen LogP) is 3.54. The number of ketones is 1. The van der Waals surface area contributed by atoms with Gasteiger partial charge in [0.05, 0.1) is 18.0 Å². The summed E-state index contributed by atoms with van der Waals surface area (Å²) in [5.74, 6) is -1.56. The molecule has 2 aromatic carbocycles. The summed E-state index contributed by atoms with van der Waals surface area (Å²) >= 11 is 0. The molecule has 2 amide bonds. The van der Waals surface area contributed by atoms with Gasteiger partial charge in [0.15, 0.2) is 0 Å². The van der Waals surface area contributed by atoms with Gasteiger partial charge < -0.3 is 9.73 Å². The molecule has 1 N–H and O–H groups in total. The molecule has 1 aliphatic rings. The summed E-state index contributed by atoms with van der Waals surface area (Å²) in [7, 11) is 0. The smallest absolute Gasteiger partial charge is 0.286 e. The maximum absolute atomic E-state index is 13.4. The number of rotatable bonds is 9. The zero-order chi connectivity index (χ0) is 27.4. The fourth-order valence-electron chi connectivity index (χ4n) is 4.19. The lowest BCUT2D eigenvalue weighted by atomic mass is 9.84. The van der Waals surface area contributed by atoms with Crippen LogP contribution in [0.25, 0.3) is 0 Å². The van der Waals surface area contributed by atoms with Gasteiger partial charge in [-0.25, -0.2) is 4.39 Å². The molecule has 9 nitrogen and oxygen atoms in total. The van der Waals surface area contributed by atoms with Crippen molar-refractivity contribution in [3.05, 3.63) is 83.3 Å². The van der Waals surface area contributed by atoms with E-state index in [4.69, 9.17) is 4.42 Å². The van der Waals surface area contributed by atoms with Gasteiger partial charge in [0.2, 0.25) is 23.5 Å². The van der Waals surface area contributed by atoms with E-state index in [9.17, 15) is 18.8 Å². The molecule has 1 unspecified atom stereocenters. The van der Waals surface area contributed by atoms with Crippen molar-refractivity contribution in [3.8, 4) is 0 Å². The lowest BCUT2D eigenvalue weighted by Crippen LogP contribution is -2.51. The van der Waals surface area contributed by atoms with E-state index in [0.717, 1.165) is 11.1 Å². The molecule has 4 rings (SSSR count). The van der Waals surface area contributed by atoms with Crippen LogP contribution in [0.2, 0.25) is 0 Å². The van der Waals surface area contributed by atoms with Crippen molar-refractivity contribution < 1.29 is 23.2 Å². The average Bonchev–Trinajstić information content (AvgIpc) is 3.40. The van der Waals surface area contributed by atoms with Crippen molar-refractivity contribution in [3.63, 3.8) is 0 Å². The number of aliphatic imine (C=N–C) groups is 1. The third-order valence-electron chi connectivity index (χ3n) is 6.48. The molecule has 10 heteroatoms. The predicted molar refractivity (Wildman–Crippen MR) is 138 cm³/mol. The number of nitrogens with one attached hydrogen (secondary N) is 1. The van der Waals surface area contributed by atoms with Crippen molar-refractivity contribution in [2.75, 3.05) is 13.1 Å². The third kappa shape index (κ3) is 5.69. The maximum atomic E-state index is 13.4. The Bertz CT molecular complexity index is 1350. The highest BCUT2D eigenvalue weighted by atomic mass is 19.1. The highest BCUT2D eigenvalue weighted by Crippen LogP contribution is 2.30. The van der Waals surface area contributed by atoms with Gasteiger partial charge in [-0.2, -0.15) is 0 Å². The standard InChI is InChI=1S/C28H30FN5O4/c1-17(2)23(24(37)26-32-33-27(38-26)28(3,4)19-10-12-20(29)13-11-19)31-21(35)16-34-22(36)14-15-30-25(34)18-8-6-5-7-9-18/h5-13,17,23H,14-16H2,1-4H3,(H,31,35). The van der Waals surface area contributed by atoms with Crippen LogP contribution in [0.15, 0.2) is 64.0 Å². The first-order valence-corrected chi connectivity index (χ1v) is 12.4. The zero-order valence-electron chi connectivity index (χ0n) is 21.8. The van der Waals surface area contributed by atoms with Crippen LogP contribution < -0.4 is 5.32 Å². The number of carbonyl (C=O) groups is 3. The average molecular weight is 520 g/mol. The molecule has 0 saturated carbocycles. The van der Waals surface area contributed by atoms with E-state index in [1.165, 1.54) is 17.0 Å². The molecule has 0 bridgehead atoms. The first-order valence-electron chi connectivity index (χ1n) is 12.4. The molecule has 38 heavy (non-hydrogen) atoms. The van der Waals surface area contributed by atoms with E-state index in [1.54, 1.807) is 26.0 Å². The second-order valence-corrected chi connectivity index (χ2v) is 10.00. The summed E-state index contributed by atoms with van der Waals surface area (Å²) in [5, 5.41) is 10.7. The molecule has 0 saturated heterocycles. The lowest BCUT2D eigenvalue weighted by Gasteiger charge is -2.28. The number of carbonyl (C=O) groups excluding carboxylic acids is 3. The Labute approximate surface area is 220 Å². The molecule has 1 aromatic heterocycles. The Morgan fingerprint density at radius 3 is 2.42 bits per heavy atom. The number of amidine groups is 1. The van der Waals surface area contributed by atoms with Gasteiger partial charge in [-0.05, 0) is 37.5 Å². The quantitative estimate of drug-likeness (QED) is 0.432. The number of aromatic nitrogens is 2. The van der Waals surface area contributed by atoms with Gasteiger partial charge >= 0.3 is 0 Å². The lowest BCUT2D eigenvalue weighted by molar-refractivity contribution is -0.132. The Morgan fingerprint density at radius 2 is 1.76 bits per heavy atom. The number of Topliss-reactive ketones (excluding diaryl/α,β-unsaturated/α-hetero) is 1. The second-order valence-electron chi connectivity index (χ2n) is 10.00. The molecular formula is C28H30FN5O4. The van der Waals surface area contributed by atoms with Gasteiger partial charge in [0.1, 0.15) is 18.2 Å². The Morgan fingerprint density at radius 1 is 1.08 bits per heavy atom. The van der Waals surface area contributed by atoms with Gasteiger partial charge in [-0.3, -0.25) is 24.3 Å². The van der Waals surface area contributed by atoms with Crippen molar-refractivity contribution in [2.45, 2.75) is 45.6 Å². The zero-order valence-corrected chi connectivity index (χ0v) is 21.8. The highest BCUT2D eigenvalue weighted by Gasteiger charge is 2.35. The first kappa shape index (κ1) is 26.8. The van der Waals surface area contributed by atoms with Crippen LogP contribution in [0.5, 0.6) is 0 Å². The third-order valence-corrected chi connectivity index (χ3v) is 6.48. The Hall–Kier alpha value is -4.21. The number of hydrogen-bond donors (Lipinski definition) is 1. The fraction of sp³-hybridized carbons (Fsp3) is 0.357. The van der Waals surface area contributed by atoms with E-state index < -0.39 is 23.1 Å². The van der Waals surface area contributed by atoms with Gasteiger partial charge in [0.25, 0.3) is 5.89 Å². The number of amides is 2. The van der Waals surface area contributed by atoms with Gasteiger partial charge in [-0.15, -0.1) is 10.2 Å². The summed E-state index contributed by atoms with van der Waals surface area (Å²) in [5.41, 5.74) is 0.682. The maximum Gasteiger partial charge on any atom is 0.286 e. The van der Waals surface area contributed by atoms with Crippen LogP contribution in [0.1, 0.15) is 61.8 Å².